The van der Waals surface area contributed by atoms with Gasteiger partial charge in [0.05, 0.1) is 12.7 Å². The number of benzene rings is 2. The van der Waals surface area contributed by atoms with E-state index in [4.69, 9.17) is 4.74 Å². The number of carbonyl (C=O) groups excluding carboxylic acids is 3. The van der Waals surface area contributed by atoms with Gasteiger partial charge in [-0.1, -0.05) is 30.3 Å². The van der Waals surface area contributed by atoms with Gasteiger partial charge in [0.1, 0.15) is 6.33 Å². The third-order valence-electron chi connectivity index (χ3n) is 3.79. The van der Waals surface area contributed by atoms with Crippen molar-refractivity contribution in [3.63, 3.8) is 0 Å². The fourth-order valence-electron chi connectivity index (χ4n) is 2.40. The first-order valence-corrected chi connectivity index (χ1v) is 8.06. The molecule has 0 aliphatic rings. The number of nitrogens with zero attached hydrogens (tertiary/aromatic N) is 2. The number of ketones is 1. The van der Waals surface area contributed by atoms with Gasteiger partial charge in [0.15, 0.2) is 18.1 Å². The average molecular weight is 364 g/mol. The molecule has 0 unspecified atom stereocenters. The number of esters is 2. The molecular weight excluding hydrogens is 348 g/mol. The number of para-hydroxylation sites is 1. The van der Waals surface area contributed by atoms with Gasteiger partial charge in [0.2, 0.25) is 0 Å². The number of methoxy groups -OCH3 is 1. The predicted octanol–water partition coefficient (Wildman–Crippen LogP) is 2.70. The van der Waals surface area contributed by atoms with E-state index in [0.717, 1.165) is 5.69 Å². The van der Waals surface area contributed by atoms with Crippen LogP contribution in [0.3, 0.4) is 0 Å². The SMILES string of the molecule is COC(=O)c1cccc(C(=O)COC(=O)c2cn(-c3ccccc3)cn2)c1. The molecule has 0 radical (unpaired) electrons. The lowest BCUT2D eigenvalue weighted by Crippen LogP contribution is -2.15. The minimum atomic E-state index is -0.706. The fourth-order valence-corrected chi connectivity index (χ4v) is 2.40. The molecule has 0 saturated heterocycles. The molecule has 7 nitrogen and oxygen atoms in total. The second-order valence-corrected chi connectivity index (χ2v) is 5.57. The first-order valence-electron chi connectivity index (χ1n) is 8.06. The predicted molar refractivity (Wildman–Crippen MR) is 96.0 cm³/mol. The van der Waals surface area contributed by atoms with Crippen molar-refractivity contribution >= 4 is 17.7 Å². The Morgan fingerprint density at radius 2 is 1.70 bits per heavy atom. The van der Waals surface area contributed by atoms with Crippen LogP contribution >= 0.6 is 0 Å². The smallest absolute Gasteiger partial charge is 0.358 e. The fraction of sp³-hybridized carbons (Fsp3) is 0.100. The molecule has 3 aromatic rings. The first-order chi connectivity index (χ1) is 13.1. The van der Waals surface area contributed by atoms with Crippen molar-refractivity contribution in [2.45, 2.75) is 0 Å². The molecule has 0 aliphatic carbocycles. The summed E-state index contributed by atoms with van der Waals surface area (Å²) >= 11 is 0. The van der Waals surface area contributed by atoms with Crippen molar-refractivity contribution in [1.82, 2.24) is 9.55 Å². The summed E-state index contributed by atoms with van der Waals surface area (Å²) in [6.45, 7) is -0.457. The zero-order chi connectivity index (χ0) is 19.2. The van der Waals surface area contributed by atoms with Gasteiger partial charge in [-0.15, -0.1) is 0 Å². The molecule has 1 heterocycles. The van der Waals surface area contributed by atoms with Crippen molar-refractivity contribution in [1.29, 1.82) is 0 Å². The molecule has 0 bridgehead atoms. The molecule has 0 saturated carbocycles. The summed E-state index contributed by atoms with van der Waals surface area (Å²) in [5.41, 5.74) is 1.44. The maximum absolute atomic E-state index is 12.2. The van der Waals surface area contributed by atoms with Crippen LogP contribution in [0.25, 0.3) is 5.69 Å². The Balaban J connectivity index is 1.63. The molecular formula is C20H16N2O5. The lowest BCUT2D eigenvalue weighted by atomic mass is 10.1. The van der Waals surface area contributed by atoms with Crippen LogP contribution < -0.4 is 0 Å². The van der Waals surface area contributed by atoms with Crippen LogP contribution in [0.5, 0.6) is 0 Å². The minimum absolute atomic E-state index is 0.0926. The van der Waals surface area contributed by atoms with Crippen molar-refractivity contribution < 1.29 is 23.9 Å². The van der Waals surface area contributed by atoms with Gasteiger partial charge in [-0.3, -0.25) is 4.79 Å². The zero-order valence-corrected chi connectivity index (χ0v) is 14.5. The summed E-state index contributed by atoms with van der Waals surface area (Å²) < 4.78 is 11.3. The van der Waals surface area contributed by atoms with Gasteiger partial charge in [0, 0.05) is 17.4 Å². The third kappa shape index (κ3) is 4.27. The largest absolute Gasteiger partial charge is 0.465 e. The molecule has 7 heteroatoms. The number of Topliss-reactive ketones (excluding diaryl/α,β-unsaturated/α-hetero) is 1. The topological polar surface area (TPSA) is 87.5 Å². The normalized spacial score (nSPS) is 10.3. The van der Waals surface area contributed by atoms with E-state index in [0.29, 0.717) is 0 Å². The Hall–Kier alpha value is -3.74. The van der Waals surface area contributed by atoms with Crippen molar-refractivity contribution in [2.75, 3.05) is 13.7 Å². The molecule has 3 rings (SSSR count). The number of rotatable bonds is 6. The molecule has 0 aliphatic heterocycles. The van der Waals surface area contributed by atoms with Crippen LogP contribution in [-0.4, -0.2) is 41.0 Å². The van der Waals surface area contributed by atoms with Crippen LogP contribution in [0, 0.1) is 0 Å². The Kier molecular flexibility index (Phi) is 5.41. The van der Waals surface area contributed by atoms with Gasteiger partial charge >= 0.3 is 11.9 Å². The highest BCUT2D eigenvalue weighted by Crippen LogP contribution is 2.10. The lowest BCUT2D eigenvalue weighted by molar-refractivity contribution is 0.0468. The molecule has 0 atom stereocenters. The second-order valence-electron chi connectivity index (χ2n) is 5.57. The molecule has 1 aromatic heterocycles. The first kappa shape index (κ1) is 18.1. The van der Waals surface area contributed by atoms with Crippen molar-refractivity contribution in [3.8, 4) is 5.69 Å². The summed E-state index contributed by atoms with van der Waals surface area (Å²) in [4.78, 5) is 39.9. The Bertz CT molecular complexity index is 979. The van der Waals surface area contributed by atoms with E-state index in [1.54, 1.807) is 10.6 Å². The van der Waals surface area contributed by atoms with E-state index in [2.05, 4.69) is 9.72 Å². The average Bonchev–Trinajstić information content (AvgIpc) is 3.22. The van der Waals surface area contributed by atoms with E-state index in [9.17, 15) is 14.4 Å². The van der Waals surface area contributed by atoms with E-state index in [1.807, 2.05) is 30.3 Å². The Labute approximate surface area is 155 Å². The number of aromatic nitrogens is 2. The summed E-state index contributed by atoms with van der Waals surface area (Å²) in [5.74, 6) is -1.69. The van der Waals surface area contributed by atoms with Crippen LogP contribution in [-0.2, 0) is 9.47 Å². The number of carbonyl (C=O) groups is 3. The van der Waals surface area contributed by atoms with E-state index >= 15 is 0 Å². The van der Waals surface area contributed by atoms with E-state index in [1.165, 1.54) is 37.8 Å². The molecule has 0 N–H and O–H groups in total. The van der Waals surface area contributed by atoms with Crippen LogP contribution in [0.15, 0.2) is 67.1 Å². The number of hydrogen-bond donors (Lipinski definition) is 0. The van der Waals surface area contributed by atoms with Gasteiger partial charge in [0.25, 0.3) is 0 Å². The molecule has 136 valence electrons. The zero-order valence-electron chi connectivity index (χ0n) is 14.5. The van der Waals surface area contributed by atoms with E-state index in [-0.39, 0.29) is 16.8 Å². The van der Waals surface area contributed by atoms with Crippen LogP contribution in [0.2, 0.25) is 0 Å². The number of imidazole rings is 1. The summed E-state index contributed by atoms with van der Waals surface area (Å²) in [7, 11) is 1.26. The highest BCUT2D eigenvalue weighted by atomic mass is 16.5. The number of ether oxygens (including phenoxy) is 2. The maximum Gasteiger partial charge on any atom is 0.358 e. The van der Waals surface area contributed by atoms with E-state index < -0.39 is 24.3 Å². The monoisotopic (exact) mass is 364 g/mol. The summed E-state index contributed by atoms with van der Waals surface area (Å²) in [6, 6.07) is 15.4. The molecule has 0 fully saturated rings. The summed E-state index contributed by atoms with van der Waals surface area (Å²) in [5, 5.41) is 0. The molecule has 0 spiro atoms. The third-order valence-corrected chi connectivity index (χ3v) is 3.79. The van der Waals surface area contributed by atoms with Gasteiger partial charge in [-0.2, -0.15) is 0 Å². The quantitative estimate of drug-likeness (QED) is 0.494. The standard InChI is InChI=1S/C20H16N2O5/c1-26-19(24)15-7-5-6-14(10-15)18(23)12-27-20(25)17-11-22(13-21-17)16-8-3-2-4-9-16/h2-11,13H,12H2,1H3. The van der Waals surface area contributed by atoms with Crippen LogP contribution in [0.4, 0.5) is 0 Å². The highest BCUT2D eigenvalue weighted by Gasteiger charge is 2.16. The van der Waals surface area contributed by atoms with Gasteiger partial charge in [-0.05, 0) is 24.3 Å². The minimum Gasteiger partial charge on any atom is -0.465 e. The molecule has 0 amide bonds. The maximum atomic E-state index is 12.2. The molecule has 27 heavy (non-hydrogen) atoms. The Morgan fingerprint density at radius 3 is 2.44 bits per heavy atom. The lowest BCUT2D eigenvalue weighted by Gasteiger charge is -2.04. The summed E-state index contributed by atoms with van der Waals surface area (Å²) in [6.07, 6.45) is 3.02. The van der Waals surface area contributed by atoms with Gasteiger partial charge in [-0.25, -0.2) is 14.6 Å². The Morgan fingerprint density at radius 1 is 0.963 bits per heavy atom. The number of hydrogen-bond acceptors (Lipinski definition) is 6. The van der Waals surface area contributed by atoms with Gasteiger partial charge < -0.3 is 14.0 Å². The van der Waals surface area contributed by atoms with Crippen molar-refractivity contribution in [3.05, 3.63) is 83.9 Å². The second kappa shape index (κ2) is 8.09. The highest BCUT2D eigenvalue weighted by molar-refractivity contribution is 6.01. The van der Waals surface area contributed by atoms with Crippen molar-refractivity contribution in [2.24, 2.45) is 0 Å². The molecule has 2 aromatic carbocycles. The van der Waals surface area contributed by atoms with Crippen LogP contribution in [0.1, 0.15) is 31.2 Å².